The van der Waals surface area contributed by atoms with Gasteiger partial charge in [-0.25, -0.2) is 0 Å². The van der Waals surface area contributed by atoms with Crippen molar-refractivity contribution in [2.75, 3.05) is 0 Å². The van der Waals surface area contributed by atoms with Crippen molar-refractivity contribution in [1.82, 2.24) is 0 Å². The fraction of sp³-hybridized carbons (Fsp3) is 0.842. The molecule has 2 heteroatoms. The second-order valence-corrected chi connectivity index (χ2v) is 7.55. The van der Waals surface area contributed by atoms with Gasteiger partial charge in [0.1, 0.15) is 0 Å². The van der Waals surface area contributed by atoms with E-state index in [-0.39, 0.29) is 17.6 Å². The zero-order valence-corrected chi connectivity index (χ0v) is 13.8. The Hall–Kier alpha value is -0.790. The molecule has 2 saturated carbocycles. The Morgan fingerprint density at radius 2 is 1.38 bits per heavy atom. The first-order valence-electron chi connectivity index (χ1n) is 9.00. The molecule has 2 unspecified atom stereocenters. The van der Waals surface area contributed by atoms with Crippen molar-refractivity contribution >= 4 is 5.78 Å². The topological polar surface area (TPSA) is 37.3 Å². The Morgan fingerprint density at radius 3 is 1.86 bits per heavy atom. The third-order valence-electron chi connectivity index (χ3n) is 5.60. The molecule has 21 heavy (non-hydrogen) atoms. The Kier molecular flexibility index (Phi) is 6.32. The zero-order chi connectivity index (χ0) is 15.2. The maximum atomic E-state index is 12.2. The van der Waals surface area contributed by atoms with Gasteiger partial charge in [-0.1, -0.05) is 65.2 Å². The van der Waals surface area contributed by atoms with Crippen LogP contribution in [-0.4, -0.2) is 10.9 Å². The van der Waals surface area contributed by atoms with E-state index in [1.54, 1.807) is 0 Å². The molecule has 2 atom stereocenters. The van der Waals surface area contributed by atoms with Crippen LogP contribution in [0.15, 0.2) is 11.8 Å². The molecule has 2 fully saturated rings. The molecule has 0 spiro atoms. The zero-order valence-electron chi connectivity index (χ0n) is 13.8. The van der Waals surface area contributed by atoms with E-state index in [0.29, 0.717) is 5.76 Å². The summed E-state index contributed by atoms with van der Waals surface area (Å²) in [5, 5.41) is 10.2. The molecule has 0 heterocycles. The highest BCUT2D eigenvalue weighted by Crippen LogP contribution is 2.33. The van der Waals surface area contributed by atoms with E-state index in [2.05, 4.69) is 6.92 Å². The molecule has 2 aliphatic rings. The number of ketones is 1. The summed E-state index contributed by atoms with van der Waals surface area (Å²) in [5.41, 5.74) is 0. The van der Waals surface area contributed by atoms with Gasteiger partial charge in [-0.05, 0) is 24.7 Å². The van der Waals surface area contributed by atoms with Crippen molar-refractivity contribution in [3.05, 3.63) is 11.8 Å². The van der Waals surface area contributed by atoms with Crippen molar-refractivity contribution in [2.24, 2.45) is 23.7 Å². The van der Waals surface area contributed by atoms with Gasteiger partial charge in [0, 0.05) is 17.9 Å². The highest BCUT2D eigenvalue weighted by atomic mass is 16.3. The molecule has 0 amide bonds. The lowest BCUT2D eigenvalue weighted by Gasteiger charge is -2.17. The van der Waals surface area contributed by atoms with Crippen LogP contribution in [0.25, 0.3) is 0 Å². The van der Waals surface area contributed by atoms with Crippen LogP contribution in [0.2, 0.25) is 0 Å². The maximum Gasteiger partial charge on any atom is 0.161 e. The maximum absolute atomic E-state index is 12.2. The van der Waals surface area contributed by atoms with Crippen LogP contribution in [0.3, 0.4) is 0 Å². The van der Waals surface area contributed by atoms with E-state index in [1.807, 2.05) is 6.92 Å². The first-order valence-corrected chi connectivity index (χ1v) is 9.00. The fourth-order valence-corrected chi connectivity index (χ4v) is 4.16. The van der Waals surface area contributed by atoms with E-state index in [9.17, 15) is 9.90 Å². The Labute approximate surface area is 130 Å². The van der Waals surface area contributed by atoms with Gasteiger partial charge in [-0.3, -0.25) is 4.79 Å². The van der Waals surface area contributed by atoms with Gasteiger partial charge >= 0.3 is 0 Å². The molecular weight excluding hydrogens is 260 g/mol. The minimum Gasteiger partial charge on any atom is -0.512 e. The van der Waals surface area contributed by atoms with Crippen LogP contribution in [0, 0.1) is 23.7 Å². The molecule has 2 rings (SSSR count). The van der Waals surface area contributed by atoms with E-state index < -0.39 is 0 Å². The lowest BCUT2D eigenvalue weighted by Crippen LogP contribution is -2.14. The lowest BCUT2D eigenvalue weighted by atomic mass is 9.89. The predicted octanol–water partition coefficient (Wildman–Crippen LogP) is 5.43. The number of carbonyl (C=O) groups excluding carboxylic acids is 1. The number of carbonyl (C=O) groups is 1. The van der Waals surface area contributed by atoms with Crippen LogP contribution >= 0.6 is 0 Å². The average Bonchev–Trinajstić information content (AvgIpc) is 3.11. The summed E-state index contributed by atoms with van der Waals surface area (Å²) in [4.78, 5) is 12.2. The van der Waals surface area contributed by atoms with E-state index >= 15 is 0 Å². The molecule has 2 aliphatic carbocycles. The number of rotatable bonds is 7. The molecule has 120 valence electrons. The second-order valence-electron chi connectivity index (χ2n) is 7.55. The monoisotopic (exact) mass is 292 g/mol. The highest BCUT2D eigenvalue weighted by Gasteiger charge is 2.23. The Morgan fingerprint density at radius 1 is 0.952 bits per heavy atom. The summed E-state index contributed by atoms with van der Waals surface area (Å²) >= 11 is 0. The van der Waals surface area contributed by atoms with E-state index in [1.165, 1.54) is 57.4 Å². The van der Waals surface area contributed by atoms with Crippen molar-refractivity contribution in [2.45, 2.75) is 78.1 Å². The standard InChI is InChI=1S/C19H32O2/c1-14(11-16-7-3-4-8-16)18(20)13-19(21)15(2)12-17-9-5-6-10-17/h13-17,20H,3-12H2,1-2H3/b18-13-. The number of aliphatic hydroxyl groups excluding tert-OH is 1. The summed E-state index contributed by atoms with van der Waals surface area (Å²) in [5.74, 6) is 2.12. The van der Waals surface area contributed by atoms with Crippen molar-refractivity contribution in [3.8, 4) is 0 Å². The summed E-state index contributed by atoms with van der Waals surface area (Å²) in [6.07, 6.45) is 14.0. The molecule has 0 radical (unpaired) electrons. The SMILES string of the molecule is CC(CC1CCCC1)C(=O)/C=C(\O)C(C)CC1CCCC1. The van der Waals surface area contributed by atoms with Crippen LogP contribution in [-0.2, 0) is 4.79 Å². The van der Waals surface area contributed by atoms with Gasteiger partial charge in [0.05, 0.1) is 5.76 Å². The van der Waals surface area contributed by atoms with Gasteiger partial charge in [-0.2, -0.15) is 0 Å². The van der Waals surface area contributed by atoms with Crippen LogP contribution in [0.5, 0.6) is 0 Å². The normalized spacial score (nSPS) is 24.4. The summed E-state index contributed by atoms with van der Waals surface area (Å²) in [6.45, 7) is 4.07. The van der Waals surface area contributed by atoms with E-state index in [4.69, 9.17) is 0 Å². The van der Waals surface area contributed by atoms with Crippen LogP contribution in [0.1, 0.15) is 78.1 Å². The number of allylic oxidation sites excluding steroid dienone is 2. The first kappa shape index (κ1) is 16.6. The molecule has 2 nitrogen and oxygen atoms in total. The molecule has 0 saturated heterocycles. The minimum atomic E-state index is 0.0638. The third kappa shape index (κ3) is 5.16. The average molecular weight is 292 g/mol. The molecule has 0 bridgehead atoms. The van der Waals surface area contributed by atoms with Crippen LogP contribution in [0.4, 0.5) is 0 Å². The summed E-state index contributed by atoms with van der Waals surface area (Å²) < 4.78 is 0. The lowest BCUT2D eigenvalue weighted by molar-refractivity contribution is -0.118. The summed E-state index contributed by atoms with van der Waals surface area (Å²) in [6, 6.07) is 0. The number of hydrogen-bond donors (Lipinski definition) is 1. The van der Waals surface area contributed by atoms with Gasteiger partial charge < -0.3 is 5.11 Å². The molecular formula is C19H32O2. The molecule has 1 N–H and O–H groups in total. The minimum absolute atomic E-state index is 0.0638. The highest BCUT2D eigenvalue weighted by molar-refractivity contribution is 5.91. The fourth-order valence-electron chi connectivity index (χ4n) is 4.16. The van der Waals surface area contributed by atoms with Crippen LogP contribution < -0.4 is 0 Å². The van der Waals surface area contributed by atoms with Gasteiger partial charge in [0.15, 0.2) is 5.78 Å². The Balaban J connectivity index is 1.79. The largest absolute Gasteiger partial charge is 0.512 e. The smallest absolute Gasteiger partial charge is 0.161 e. The number of hydrogen-bond acceptors (Lipinski definition) is 2. The van der Waals surface area contributed by atoms with Crippen molar-refractivity contribution < 1.29 is 9.90 Å². The van der Waals surface area contributed by atoms with Gasteiger partial charge in [0.25, 0.3) is 0 Å². The van der Waals surface area contributed by atoms with Crippen molar-refractivity contribution in [1.29, 1.82) is 0 Å². The number of aliphatic hydroxyl groups is 1. The molecule has 0 aromatic rings. The van der Waals surface area contributed by atoms with Gasteiger partial charge in [0.2, 0.25) is 0 Å². The van der Waals surface area contributed by atoms with Crippen molar-refractivity contribution in [3.63, 3.8) is 0 Å². The molecule has 0 aromatic carbocycles. The third-order valence-corrected chi connectivity index (χ3v) is 5.60. The predicted molar refractivity (Wildman–Crippen MR) is 87.2 cm³/mol. The summed E-state index contributed by atoms with van der Waals surface area (Å²) in [7, 11) is 0. The first-order chi connectivity index (χ1) is 10.1. The Bertz CT molecular complexity index is 360. The molecule has 0 aliphatic heterocycles. The quantitative estimate of drug-likeness (QED) is 0.502. The molecule has 0 aromatic heterocycles. The van der Waals surface area contributed by atoms with Gasteiger partial charge in [-0.15, -0.1) is 0 Å². The van der Waals surface area contributed by atoms with E-state index in [0.717, 1.165) is 24.7 Å². The second kappa shape index (κ2) is 8.00.